The quantitative estimate of drug-likeness (QED) is 0.425. The summed E-state index contributed by atoms with van der Waals surface area (Å²) in [6.07, 6.45) is 4.23. The lowest BCUT2D eigenvalue weighted by atomic mass is 10.0. The second-order valence-corrected chi connectivity index (χ2v) is 10.5. The minimum atomic E-state index is 0.502. The predicted octanol–water partition coefficient (Wildman–Crippen LogP) is 4.28. The number of piperidine rings is 1. The Kier molecular flexibility index (Phi) is 8.44. The van der Waals surface area contributed by atoms with Crippen LogP contribution in [0.5, 0.6) is 0 Å². The molecule has 0 bridgehead atoms. The summed E-state index contributed by atoms with van der Waals surface area (Å²) in [5, 5.41) is 7.84. The summed E-state index contributed by atoms with van der Waals surface area (Å²) >= 11 is 13.0. The summed E-state index contributed by atoms with van der Waals surface area (Å²) in [5.74, 6) is 1.07. The van der Waals surface area contributed by atoms with Crippen molar-refractivity contribution in [3.05, 3.63) is 81.0 Å². The molecule has 9 heteroatoms. The van der Waals surface area contributed by atoms with E-state index in [2.05, 4.69) is 63.7 Å². The van der Waals surface area contributed by atoms with Crippen LogP contribution >= 0.6 is 23.2 Å². The minimum absolute atomic E-state index is 0.502. The van der Waals surface area contributed by atoms with Crippen molar-refractivity contribution in [3.63, 3.8) is 0 Å². The highest BCUT2D eigenvalue weighted by molar-refractivity contribution is 6.36. The third kappa shape index (κ3) is 6.14. The Morgan fingerprint density at radius 1 is 1.11 bits per heavy atom. The van der Waals surface area contributed by atoms with E-state index < -0.39 is 0 Å². The Hall–Kier alpha value is -2.74. The van der Waals surface area contributed by atoms with Gasteiger partial charge in [0.05, 0.1) is 5.70 Å². The first kappa shape index (κ1) is 26.3. The summed E-state index contributed by atoms with van der Waals surface area (Å²) in [4.78, 5) is 6.92. The van der Waals surface area contributed by atoms with E-state index in [1.54, 1.807) is 0 Å². The van der Waals surface area contributed by atoms with Crippen LogP contribution in [-0.2, 0) is 6.54 Å². The average molecular weight is 531 g/mol. The number of allylic oxidation sites excluding steroid dienone is 1. The number of anilines is 2. The van der Waals surface area contributed by atoms with Crippen LogP contribution in [0, 0.1) is 6.92 Å². The van der Waals surface area contributed by atoms with Gasteiger partial charge in [-0.1, -0.05) is 29.3 Å². The van der Waals surface area contributed by atoms with Gasteiger partial charge in [-0.15, -0.1) is 0 Å². The van der Waals surface area contributed by atoms with Crippen molar-refractivity contribution in [3.8, 4) is 0 Å². The standard InChI is InChI=1S/C27H37Cl2N7/c1-18-4-9-23(28)22(26(18)29)17-36-15-12-32-27(31)24(36)16-25(30)33-19-5-7-21(8-6-19)35-13-10-20(11-14-35)34(2)3/h4-9,16,20,32-33H,10-15,17,30-31H2,1-3H3/b25-16+. The molecule has 1 fully saturated rings. The first-order valence-electron chi connectivity index (χ1n) is 12.4. The molecule has 0 atom stereocenters. The first-order chi connectivity index (χ1) is 17.2. The topological polar surface area (TPSA) is 85.8 Å². The van der Waals surface area contributed by atoms with E-state index in [0.717, 1.165) is 48.7 Å². The van der Waals surface area contributed by atoms with Crippen LogP contribution in [0.4, 0.5) is 11.4 Å². The monoisotopic (exact) mass is 529 g/mol. The Morgan fingerprint density at radius 2 is 1.81 bits per heavy atom. The van der Waals surface area contributed by atoms with E-state index in [1.165, 1.54) is 18.5 Å². The maximum Gasteiger partial charge on any atom is 0.120 e. The third-order valence-electron chi connectivity index (χ3n) is 7.05. The fourth-order valence-corrected chi connectivity index (χ4v) is 5.33. The Bertz CT molecular complexity index is 1120. The van der Waals surface area contributed by atoms with Gasteiger partial charge in [-0.2, -0.15) is 0 Å². The Labute approximate surface area is 224 Å². The van der Waals surface area contributed by atoms with E-state index in [4.69, 9.17) is 34.7 Å². The van der Waals surface area contributed by atoms with Gasteiger partial charge in [-0.25, -0.2) is 0 Å². The highest BCUT2D eigenvalue weighted by Gasteiger charge is 2.22. The largest absolute Gasteiger partial charge is 0.385 e. The lowest BCUT2D eigenvalue weighted by Gasteiger charge is -2.36. The number of nitrogens with one attached hydrogen (secondary N) is 2. The van der Waals surface area contributed by atoms with E-state index >= 15 is 0 Å². The molecule has 36 heavy (non-hydrogen) atoms. The SMILES string of the molecule is Cc1ccc(Cl)c(CN2CCNC(N)=C2/C=C(\N)Nc2ccc(N3CCC(N(C)C)CC3)cc2)c1Cl. The van der Waals surface area contributed by atoms with Crippen LogP contribution in [0.1, 0.15) is 24.0 Å². The number of hydrogen-bond acceptors (Lipinski definition) is 7. The number of nitrogens with two attached hydrogens (primary N) is 2. The van der Waals surface area contributed by atoms with Gasteiger partial charge in [-0.05, 0) is 69.8 Å². The average Bonchev–Trinajstić information content (AvgIpc) is 2.86. The summed E-state index contributed by atoms with van der Waals surface area (Å²) in [5.41, 5.74) is 17.6. The van der Waals surface area contributed by atoms with Gasteiger partial charge in [0.15, 0.2) is 0 Å². The molecule has 0 unspecified atom stereocenters. The molecule has 2 aliphatic rings. The van der Waals surface area contributed by atoms with Gasteiger partial charge in [0, 0.05) is 71.8 Å². The molecule has 0 amide bonds. The first-order valence-corrected chi connectivity index (χ1v) is 13.2. The summed E-state index contributed by atoms with van der Waals surface area (Å²) in [7, 11) is 4.33. The maximum absolute atomic E-state index is 6.57. The number of nitrogens with zero attached hydrogens (tertiary/aromatic N) is 3. The van der Waals surface area contributed by atoms with E-state index in [9.17, 15) is 0 Å². The van der Waals surface area contributed by atoms with Crippen LogP contribution in [0.3, 0.4) is 0 Å². The molecule has 0 aliphatic carbocycles. The van der Waals surface area contributed by atoms with Crippen LogP contribution in [0.15, 0.2) is 59.8 Å². The number of hydrogen-bond donors (Lipinski definition) is 4. The molecule has 6 N–H and O–H groups in total. The van der Waals surface area contributed by atoms with Crippen molar-refractivity contribution in [2.24, 2.45) is 11.5 Å². The molecule has 4 rings (SSSR count). The van der Waals surface area contributed by atoms with Crippen LogP contribution in [0.25, 0.3) is 0 Å². The zero-order valence-corrected chi connectivity index (χ0v) is 22.8. The molecule has 2 aromatic carbocycles. The Balaban J connectivity index is 1.44. The molecule has 0 radical (unpaired) electrons. The molecule has 1 saturated heterocycles. The molecular weight excluding hydrogens is 493 g/mol. The fraction of sp³-hybridized carbons (Fsp3) is 0.407. The predicted molar refractivity (Wildman–Crippen MR) is 152 cm³/mol. The van der Waals surface area contributed by atoms with Crippen molar-refractivity contribution in [1.82, 2.24) is 15.1 Å². The van der Waals surface area contributed by atoms with Crippen LogP contribution < -0.4 is 27.0 Å². The smallest absolute Gasteiger partial charge is 0.120 e. The van der Waals surface area contributed by atoms with E-state index in [0.29, 0.717) is 34.3 Å². The lowest BCUT2D eigenvalue weighted by molar-refractivity contribution is 0.249. The van der Waals surface area contributed by atoms with Gasteiger partial charge in [0.25, 0.3) is 0 Å². The lowest BCUT2D eigenvalue weighted by Crippen LogP contribution is -2.41. The van der Waals surface area contributed by atoms with Crippen LogP contribution in [0.2, 0.25) is 10.0 Å². The molecule has 7 nitrogen and oxygen atoms in total. The van der Waals surface area contributed by atoms with Gasteiger partial charge in [0.1, 0.15) is 11.6 Å². The summed E-state index contributed by atoms with van der Waals surface area (Å²) in [6, 6.07) is 12.9. The molecule has 0 saturated carbocycles. The van der Waals surface area contributed by atoms with Crippen molar-refractivity contribution >= 4 is 34.6 Å². The van der Waals surface area contributed by atoms with Crippen molar-refractivity contribution in [1.29, 1.82) is 0 Å². The van der Waals surface area contributed by atoms with Gasteiger partial charge >= 0.3 is 0 Å². The molecule has 2 aliphatic heterocycles. The molecule has 2 heterocycles. The van der Waals surface area contributed by atoms with E-state index in [-0.39, 0.29) is 0 Å². The highest BCUT2D eigenvalue weighted by Crippen LogP contribution is 2.31. The van der Waals surface area contributed by atoms with Crippen molar-refractivity contribution < 1.29 is 0 Å². The van der Waals surface area contributed by atoms with Gasteiger partial charge in [0.2, 0.25) is 0 Å². The molecule has 194 valence electrons. The highest BCUT2D eigenvalue weighted by atomic mass is 35.5. The van der Waals surface area contributed by atoms with E-state index in [1.807, 2.05) is 25.1 Å². The second-order valence-electron chi connectivity index (χ2n) is 9.76. The molecule has 0 spiro atoms. The number of halogens is 2. The minimum Gasteiger partial charge on any atom is -0.385 e. The normalized spacial score (nSPS) is 17.6. The Morgan fingerprint density at radius 3 is 2.47 bits per heavy atom. The van der Waals surface area contributed by atoms with Crippen molar-refractivity contribution in [2.75, 3.05) is 50.5 Å². The number of rotatable bonds is 7. The number of benzene rings is 2. The second kappa shape index (κ2) is 11.5. The fourth-order valence-electron chi connectivity index (χ4n) is 4.84. The maximum atomic E-state index is 6.57. The number of aryl methyl sites for hydroxylation is 1. The molecular formula is C27H37Cl2N7. The third-order valence-corrected chi connectivity index (χ3v) is 7.93. The van der Waals surface area contributed by atoms with Gasteiger partial charge in [-0.3, -0.25) is 0 Å². The molecule has 0 aromatic heterocycles. The zero-order valence-electron chi connectivity index (χ0n) is 21.3. The van der Waals surface area contributed by atoms with Crippen molar-refractivity contribution in [2.45, 2.75) is 32.4 Å². The molecule has 2 aromatic rings. The summed E-state index contributed by atoms with van der Waals surface area (Å²) in [6.45, 7) is 6.14. The van der Waals surface area contributed by atoms with Crippen LogP contribution in [-0.4, -0.2) is 56.1 Å². The van der Waals surface area contributed by atoms with Gasteiger partial charge < -0.3 is 36.8 Å². The summed E-state index contributed by atoms with van der Waals surface area (Å²) < 4.78 is 0. The zero-order chi connectivity index (χ0) is 25.8.